The lowest BCUT2D eigenvalue weighted by molar-refractivity contribution is 0.0600. The molecule has 0 heterocycles. The molecule has 0 aliphatic carbocycles. The van der Waals surface area contributed by atoms with Crippen LogP contribution in [0.25, 0.3) is 0 Å². The zero-order chi connectivity index (χ0) is 16.3. The van der Waals surface area contributed by atoms with Crippen molar-refractivity contribution in [2.24, 2.45) is 0 Å². The van der Waals surface area contributed by atoms with Crippen molar-refractivity contribution >= 4 is 14.3 Å². The fraction of sp³-hybridized carbons (Fsp3) is 0.562. The van der Waals surface area contributed by atoms with Crippen molar-refractivity contribution in [1.82, 2.24) is 0 Å². The van der Waals surface area contributed by atoms with Gasteiger partial charge in [-0.25, -0.2) is 4.79 Å². The molecule has 4 nitrogen and oxygen atoms in total. The van der Waals surface area contributed by atoms with Gasteiger partial charge in [0.1, 0.15) is 5.75 Å². The van der Waals surface area contributed by atoms with Crippen LogP contribution in [0.2, 0.25) is 18.1 Å². The lowest BCUT2D eigenvalue weighted by Crippen LogP contribution is -2.40. The van der Waals surface area contributed by atoms with Gasteiger partial charge in [-0.1, -0.05) is 20.8 Å². The van der Waals surface area contributed by atoms with E-state index in [9.17, 15) is 4.79 Å². The Labute approximate surface area is 128 Å². The maximum absolute atomic E-state index is 11.7. The van der Waals surface area contributed by atoms with E-state index in [0.29, 0.717) is 17.9 Å². The highest BCUT2D eigenvalue weighted by atomic mass is 28.4. The molecule has 1 aromatic carbocycles. The number of ether oxygens (including phenoxy) is 2. The molecular formula is C16H26O4Si. The minimum absolute atomic E-state index is 0.150. The highest BCUT2D eigenvalue weighted by Crippen LogP contribution is 2.37. The van der Waals surface area contributed by atoms with Crippen molar-refractivity contribution < 1.29 is 18.7 Å². The second kappa shape index (κ2) is 6.62. The normalized spacial score (nSPS) is 12.1. The van der Waals surface area contributed by atoms with E-state index in [1.165, 1.54) is 7.11 Å². The summed E-state index contributed by atoms with van der Waals surface area (Å²) in [6.45, 7) is 11.5. The van der Waals surface area contributed by atoms with E-state index in [2.05, 4.69) is 33.9 Å². The predicted octanol–water partition coefficient (Wildman–Crippen LogP) is 4.00. The van der Waals surface area contributed by atoms with Crippen LogP contribution in [0.1, 0.15) is 36.7 Å². The predicted molar refractivity (Wildman–Crippen MR) is 86.3 cm³/mol. The number of benzene rings is 1. The van der Waals surface area contributed by atoms with Gasteiger partial charge >= 0.3 is 5.97 Å². The molecule has 0 radical (unpaired) electrons. The van der Waals surface area contributed by atoms with E-state index in [4.69, 9.17) is 13.9 Å². The zero-order valence-corrected chi connectivity index (χ0v) is 15.1. The first kappa shape index (κ1) is 17.7. The average molecular weight is 310 g/mol. The van der Waals surface area contributed by atoms with E-state index in [0.717, 1.165) is 5.56 Å². The molecule has 0 saturated carbocycles. The summed E-state index contributed by atoms with van der Waals surface area (Å²) in [6.07, 6.45) is 0. The second-order valence-electron chi connectivity index (χ2n) is 6.61. The summed E-state index contributed by atoms with van der Waals surface area (Å²) in [6, 6.07) is 5.35. The highest BCUT2D eigenvalue weighted by molar-refractivity contribution is 6.74. The van der Waals surface area contributed by atoms with Gasteiger partial charge in [0, 0.05) is 0 Å². The molecule has 21 heavy (non-hydrogen) atoms. The van der Waals surface area contributed by atoms with Crippen molar-refractivity contribution in [1.29, 1.82) is 0 Å². The van der Waals surface area contributed by atoms with Crippen LogP contribution in [-0.4, -0.2) is 28.5 Å². The standard InChI is InChI=1S/C16H26O4Si/c1-16(2,3)21(6,7)20-11-12-8-13(15(17)19-5)10-14(9-12)18-4/h8-10H,11H2,1-7H3. The van der Waals surface area contributed by atoms with E-state index in [-0.39, 0.29) is 11.0 Å². The third kappa shape index (κ3) is 4.57. The van der Waals surface area contributed by atoms with Gasteiger partial charge in [0.25, 0.3) is 0 Å². The smallest absolute Gasteiger partial charge is 0.337 e. The molecule has 0 bridgehead atoms. The molecule has 1 aromatic rings. The Morgan fingerprint density at radius 3 is 2.24 bits per heavy atom. The molecule has 0 N–H and O–H groups in total. The van der Waals surface area contributed by atoms with Gasteiger partial charge in [-0.3, -0.25) is 0 Å². The van der Waals surface area contributed by atoms with E-state index in [1.54, 1.807) is 19.2 Å². The van der Waals surface area contributed by atoms with Gasteiger partial charge in [-0.15, -0.1) is 0 Å². The molecule has 0 aromatic heterocycles. The van der Waals surface area contributed by atoms with Crippen molar-refractivity contribution in [3.63, 3.8) is 0 Å². The number of rotatable bonds is 5. The van der Waals surface area contributed by atoms with Gasteiger partial charge in [0.15, 0.2) is 8.32 Å². The molecule has 5 heteroatoms. The Morgan fingerprint density at radius 2 is 1.76 bits per heavy atom. The summed E-state index contributed by atoms with van der Waals surface area (Å²) in [5, 5.41) is 0.150. The fourth-order valence-electron chi connectivity index (χ4n) is 1.58. The summed E-state index contributed by atoms with van der Waals surface area (Å²) < 4.78 is 16.2. The number of carbonyl (C=O) groups is 1. The summed E-state index contributed by atoms with van der Waals surface area (Å²) in [4.78, 5) is 11.7. The Bertz CT molecular complexity index is 503. The number of hydrogen-bond donors (Lipinski definition) is 0. The quantitative estimate of drug-likeness (QED) is 0.609. The summed E-state index contributed by atoms with van der Waals surface area (Å²) in [7, 11) is 1.12. The molecule has 0 saturated heterocycles. The number of hydrogen-bond acceptors (Lipinski definition) is 4. The molecule has 0 aliphatic heterocycles. The molecule has 0 fully saturated rings. The molecule has 1 rings (SSSR count). The third-order valence-electron chi connectivity index (χ3n) is 4.03. The summed E-state index contributed by atoms with van der Waals surface area (Å²) in [5.41, 5.74) is 1.39. The Hall–Kier alpha value is -1.33. The third-order valence-corrected chi connectivity index (χ3v) is 8.51. The van der Waals surface area contributed by atoms with Gasteiger partial charge in [-0.2, -0.15) is 0 Å². The Kier molecular flexibility index (Phi) is 5.59. The van der Waals surface area contributed by atoms with E-state index < -0.39 is 8.32 Å². The van der Waals surface area contributed by atoms with Crippen LogP contribution in [0.15, 0.2) is 18.2 Å². The van der Waals surface area contributed by atoms with Crippen LogP contribution in [0, 0.1) is 0 Å². The van der Waals surface area contributed by atoms with Crippen molar-refractivity contribution in [3.05, 3.63) is 29.3 Å². The zero-order valence-electron chi connectivity index (χ0n) is 14.1. The van der Waals surface area contributed by atoms with Gasteiger partial charge < -0.3 is 13.9 Å². The second-order valence-corrected chi connectivity index (χ2v) is 11.4. The molecule has 0 spiro atoms. The van der Waals surface area contributed by atoms with Gasteiger partial charge in [0.05, 0.1) is 26.4 Å². The first-order valence-electron chi connectivity index (χ1n) is 7.01. The molecule has 0 unspecified atom stereocenters. The van der Waals surface area contributed by atoms with Crippen molar-refractivity contribution in [2.75, 3.05) is 14.2 Å². The SMILES string of the molecule is COC(=O)c1cc(CO[Si](C)(C)C(C)(C)C)cc(OC)c1. The highest BCUT2D eigenvalue weighted by Gasteiger charge is 2.37. The van der Waals surface area contributed by atoms with Crippen LogP contribution in [0.3, 0.4) is 0 Å². The van der Waals surface area contributed by atoms with Gasteiger partial charge in [0.2, 0.25) is 0 Å². The van der Waals surface area contributed by atoms with Crippen LogP contribution < -0.4 is 4.74 Å². The largest absolute Gasteiger partial charge is 0.497 e. The summed E-state index contributed by atoms with van der Waals surface area (Å²) >= 11 is 0. The first-order valence-corrected chi connectivity index (χ1v) is 9.92. The van der Waals surface area contributed by atoms with Crippen molar-refractivity contribution in [3.8, 4) is 5.75 Å². The monoisotopic (exact) mass is 310 g/mol. The number of carbonyl (C=O) groups excluding carboxylic acids is 1. The minimum Gasteiger partial charge on any atom is -0.497 e. The number of methoxy groups -OCH3 is 2. The van der Waals surface area contributed by atoms with Crippen LogP contribution in [0.4, 0.5) is 0 Å². The Balaban J connectivity index is 2.96. The lowest BCUT2D eigenvalue weighted by Gasteiger charge is -2.36. The molecule has 0 atom stereocenters. The lowest BCUT2D eigenvalue weighted by atomic mass is 10.1. The van der Waals surface area contributed by atoms with Crippen LogP contribution >= 0.6 is 0 Å². The summed E-state index contributed by atoms with van der Waals surface area (Å²) in [5.74, 6) is 0.259. The molecule has 0 aliphatic rings. The van der Waals surface area contributed by atoms with Crippen LogP contribution in [-0.2, 0) is 15.8 Å². The molecule has 0 amide bonds. The number of esters is 1. The molecular weight excluding hydrogens is 284 g/mol. The van der Waals surface area contributed by atoms with Crippen molar-refractivity contribution in [2.45, 2.75) is 45.5 Å². The average Bonchev–Trinajstić information content (AvgIpc) is 2.42. The minimum atomic E-state index is -1.83. The first-order chi connectivity index (χ1) is 9.60. The van der Waals surface area contributed by atoms with E-state index >= 15 is 0 Å². The van der Waals surface area contributed by atoms with Gasteiger partial charge in [-0.05, 0) is 41.9 Å². The maximum Gasteiger partial charge on any atom is 0.337 e. The fourth-order valence-corrected chi connectivity index (χ4v) is 2.54. The maximum atomic E-state index is 11.7. The Morgan fingerprint density at radius 1 is 1.14 bits per heavy atom. The van der Waals surface area contributed by atoms with Crippen LogP contribution in [0.5, 0.6) is 5.75 Å². The molecule has 118 valence electrons. The topological polar surface area (TPSA) is 44.8 Å². The van der Waals surface area contributed by atoms with E-state index in [1.807, 2.05) is 6.07 Å².